The topological polar surface area (TPSA) is 112 Å². The van der Waals surface area contributed by atoms with E-state index in [4.69, 9.17) is 5.11 Å². The van der Waals surface area contributed by atoms with Gasteiger partial charge >= 0.3 is 5.97 Å². The van der Waals surface area contributed by atoms with Crippen LogP contribution in [0.15, 0.2) is 4.90 Å². The van der Waals surface area contributed by atoms with Gasteiger partial charge in [-0.3, -0.25) is 5.10 Å². The van der Waals surface area contributed by atoms with Crippen molar-refractivity contribution in [3.05, 3.63) is 11.4 Å². The molecule has 1 aromatic heterocycles. The average Bonchev–Trinajstić information content (AvgIpc) is 2.71. The molecular formula is C12H21N3O4S. The first-order valence-corrected chi connectivity index (χ1v) is 8.08. The maximum absolute atomic E-state index is 12.2. The quantitative estimate of drug-likeness (QED) is 0.632. The van der Waals surface area contributed by atoms with E-state index >= 15 is 0 Å². The zero-order chi connectivity index (χ0) is 15.3. The van der Waals surface area contributed by atoms with Crippen LogP contribution in [0.3, 0.4) is 0 Å². The van der Waals surface area contributed by atoms with Crippen LogP contribution in [-0.2, 0) is 10.0 Å². The Kier molecular flexibility index (Phi) is 5.70. The lowest BCUT2D eigenvalue weighted by Crippen LogP contribution is -2.33. The van der Waals surface area contributed by atoms with Crippen LogP contribution in [0, 0.1) is 6.92 Å². The Labute approximate surface area is 118 Å². The maximum atomic E-state index is 12.2. The largest absolute Gasteiger partial charge is 0.476 e. The number of hydrogen-bond donors (Lipinski definition) is 3. The van der Waals surface area contributed by atoms with E-state index in [1.807, 2.05) is 0 Å². The SMILES string of the molecule is CCCCCC(C)NS(=O)(=O)c1c(C(=O)O)n[nH]c1C. The molecule has 0 bridgehead atoms. The van der Waals surface area contributed by atoms with Gasteiger partial charge in [0.15, 0.2) is 5.69 Å². The van der Waals surface area contributed by atoms with Crippen LogP contribution in [0.25, 0.3) is 0 Å². The fraction of sp³-hybridized carbons (Fsp3) is 0.667. The van der Waals surface area contributed by atoms with Crippen molar-refractivity contribution in [1.29, 1.82) is 0 Å². The highest BCUT2D eigenvalue weighted by Crippen LogP contribution is 2.18. The van der Waals surface area contributed by atoms with Gasteiger partial charge in [0, 0.05) is 6.04 Å². The summed E-state index contributed by atoms with van der Waals surface area (Å²) in [5.74, 6) is -1.37. The number of carboxylic acid groups (broad SMARTS) is 1. The number of nitrogens with one attached hydrogen (secondary N) is 2. The average molecular weight is 303 g/mol. The van der Waals surface area contributed by atoms with Crippen molar-refractivity contribution in [2.75, 3.05) is 0 Å². The normalized spacial score (nSPS) is 13.3. The Balaban J connectivity index is 2.89. The first-order valence-electron chi connectivity index (χ1n) is 6.60. The molecule has 7 nitrogen and oxygen atoms in total. The summed E-state index contributed by atoms with van der Waals surface area (Å²) in [5.41, 5.74) is -0.258. The Morgan fingerprint density at radius 1 is 1.45 bits per heavy atom. The number of aromatic nitrogens is 2. The summed E-state index contributed by atoms with van der Waals surface area (Å²) in [5, 5.41) is 14.9. The lowest BCUT2D eigenvalue weighted by atomic mass is 10.1. The highest BCUT2D eigenvalue weighted by Gasteiger charge is 2.29. The number of H-pyrrole nitrogens is 1. The minimum absolute atomic E-state index is 0.218. The molecule has 0 aliphatic rings. The van der Waals surface area contributed by atoms with Crippen LogP contribution in [0.4, 0.5) is 0 Å². The molecule has 0 aliphatic heterocycles. The van der Waals surface area contributed by atoms with Gasteiger partial charge in [-0.1, -0.05) is 26.2 Å². The molecule has 8 heteroatoms. The summed E-state index contributed by atoms with van der Waals surface area (Å²) in [6.07, 6.45) is 3.74. The minimum atomic E-state index is -3.88. The van der Waals surface area contributed by atoms with Crippen LogP contribution < -0.4 is 4.72 Å². The predicted octanol–water partition coefficient (Wildman–Crippen LogP) is 1.66. The van der Waals surface area contributed by atoms with Gasteiger partial charge in [0.25, 0.3) is 0 Å². The second kappa shape index (κ2) is 6.85. The van der Waals surface area contributed by atoms with E-state index in [2.05, 4.69) is 21.8 Å². The monoisotopic (exact) mass is 303 g/mol. The van der Waals surface area contributed by atoms with Crippen molar-refractivity contribution >= 4 is 16.0 Å². The number of hydrogen-bond acceptors (Lipinski definition) is 4. The third kappa shape index (κ3) is 4.04. The first-order chi connectivity index (χ1) is 9.29. The second-order valence-electron chi connectivity index (χ2n) is 4.85. The van der Waals surface area contributed by atoms with Crippen LogP contribution >= 0.6 is 0 Å². The molecular weight excluding hydrogens is 282 g/mol. The molecule has 0 aromatic carbocycles. The molecule has 1 rings (SSSR count). The summed E-state index contributed by atoms with van der Waals surface area (Å²) in [7, 11) is -3.88. The number of unbranched alkanes of at least 4 members (excludes halogenated alkanes) is 2. The molecule has 1 unspecified atom stereocenters. The van der Waals surface area contributed by atoms with Crippen molar-refractivity contribution < 1.29 is 18.3 Å². The molecule has 0 fully saturated rings. The van der Waals surface area contributed by atoms with Crippen molar-refractivity contribution in [2.45, 2.75) is 57.4 Å². The van der Waals surface area contributed by atoms with E-state index in [0.29, 0.717) is 6.42 Å². The van der Waals surface area contributed by atoms with Gasteiger partial charge in [-0.05, 0) is 20.3 Å². The summed E-state index contributed by atoms with van der Waals surface area (Å²) in [6, 6.07) is -0.248. The van der Waals surface area contributed by atoms with Crippen LogP contribution in [0.2, 0.25) is 0 Å². The summed E-state index contributed by atoms with van der Waals surface area (Å²) >= 11 is 0. The molecule has 0 radical (unpaired) electrons. The Morgan fingerprint density at radius 3 is 2.65 bits per heavy atom. The van der Waals surface area contributed by atoms with Gasteiger partial charge < -0.3 is 5.11 Å². The Hall–Kier alpha value is -1.41. The lowest BCUT2D eigenvalue weighted by molar-refractivity contribution is 0.0686. The number of carbonyl (C=O) groups is 1. The number of rotatable bonds is 8. The highest BCUT2D eigenvalue weighted by molar-refractivity contribution is 7.89. The summed E-state index contributed by atoms with van der Waals surface area (Å²) in [6.45, 7) is 5.32. The molecule has 114 valence electrons. The minimum Gasteiger partial charge on any atom is -0.476 e. The number of nitrogens with zero attached hydrogens (tertiary/aromatic N) is 1. The molecule has 0 saturated carbocycles. The van der Waals surface area contributed by atoms with Gasteiger partial charge in [0.05, 0.1) is 5.69 Å². The van der Waals surface area contributed by atoms with Crippen molar-refractivity contribution in [3.8, 4) is 0 Å². The van der Waals surface area contributed by atoms with Crippen molar-refractivity contribution in [2.24, 2.45) is 0 Å². The Bertz CT molecular complexity index is 565. The van der Waals surface area contributed by atoms with Gasteiger partial charge in [0.2, 0.25) is 10.0 Å². The zero-order valence-electron chi connectivity index (χ0n) is 11.9. The number of aryl methyl sites for hydroxylation is 1. The molecule has 0 aliphatic carbocycles. The predicted molar refractivity (Wildman–Crippen MR) is 74.2 cm³/mol. The molecule has 1 aromatic rings. The summed E-state index contributed by atoms with van der Waals surface area (Å²) < 4.78 is 27.0. The Morgan fingerprint density at radius 2 is 2.10 bits per heavy atom. The lowest BCUT2D eigenvalue weighted by Gasteiger charge is -2.14. The molecule has 1 heterocycles. The van der Waals surface area contributed by atoms with Gasteiger partial charge in [-0.25, -0.2) is 17.9 Å². The zero-order valence-corrected chi connectivity index (χ0v) is 12.7. The number of aromatic carboxylic acids is 1. The smallest absolute Gasteiger partial charge is 0.357 e. The second-order valence-corrected chi connectivity index (χ2v) is 6.50. The molecule has 1 atom stereocenters. The van der Waals surface area contributed by atoms with E-state index in [9.17, 15) is 13.2 Å². The van der Waals surface area contributed by atoms with Crippen LogP contribution in [0.5, 0.6) is 0 Å². The fourth-order valence-corrected chi connectivity index (χ4v) is 3.58. The molecule has 0 amide bonds. The summed E-state index contributed by atoms with van der Waals surface area (Å²) in [4.78, 5) is 10.7. The van der Waals surface area contributed by atoms with Gasteiger partial charge in [0.1, 0.15) is 4.90 Å². The van der Waals surface area contributed by atoms with E-state index in [-0.39, 0.29) is 16.6 Å². The number of aromatic amines is 1. The van der Waals surface area contributed by atoms with Crippen LogP contribution in [-0.4, -0.2) is 35.7 Å². The van der Waals surface area contributed by atoms with Gasteiger partial charge in [-0.2, -0.15) is 5.10 Å². The van der Waals surface area contributed by atoms with E-state index < -0.39 is 21.7 Å². The first kappa shape index (κ1) is 16.6. The van der Waals surface area contributed by atoms with Crippen LogP contribution in [0.1, 0.15) is 55.7 Å². The highest BCUT2D eigenvalue weighted by atomic mass is 32.2. The van der Waals surface area contributed by atoms with Crippen molar-refractivity contribution in [3.63, 3.8) is 0 Å². The van der Waals surface area contributed by atoms with Crippen molar-refractivity contribution in [1.82, 2.24) is 14.9 Å². The number of carboxylic acids is 1. The van der Waals surface area contributed by atoms with Gasteiger partial charge in [-0.15, -0.1) is 0 Å². The third-order valence-electron chi connectivity index (χ3n) is 2.96. The number of sulfonamides is 1. The van der Waals surface area contributed by atoms with E-state index in [1.54, 1.807) is 6.92 Å². The molecule has 0 spiro atoms. The van der Waals surface area contributed by atoms with E-state index in [1.165, 1.54) is 6.92 Å². The molecule has 0 saturated heterocycles. The molecule has 20 heavy (non-hydrogen) atoms. The standard InChI is InChI=1S/C12H21N3O4S/c1-4-5-6-7-8(2)15-20(18,19)11-9(3)13-14-10(11)12(16)17/h8,15H,4-7H2,1-3H3,(H,13,14)(H,16,17). The third-order valence-corrected chi connectivity index (χ3v) is 4.71. The maximum Gasteiger partial charge on any atom is 0.357 e. The molecule has 3 N–H and O–H groups in total. The fourth-order valence-electron chi connectivity index (χ4n) is 1.98. The van der Waals surface area contributed by atoms with E-state index in [0.717, 1.165) is 19.3 Å².